The molecule has 4 nitrogen and oxygen atoms in total. The fourth-order valence-corrected chi connectivity index (χ4v) is 4.14. The molecule has 1 heterocycles. The standard InChI is InChI=1S/C17H19FN2O2S/c1-13-11-14(18)7-8-17(13)23(21,22)19-15-5-4-6-16(12-15)20-9-2-3-10-20/h4-8,11-12,19H,2-3,9-10H2,1H3. The molecule has 23 heavy (non-hydrogen) atoms. The highest BCUT2D eigenvalue weighted by molar-refractivity contribution is 7.92. The van der Waals surface area contributed by atoms with E-state index >= 15 is 0 Å². The predicted molar refractivity (Wildman–Crippen MR) is 89.8 cm³/mol. The van der Waals surface area contributed by atoms with Crippen molar-refractivity contribution in [2.45, 2.75) is 24.7 Å². The summed E-state index contributed by atoms with van der Waals surface area (Å²) in [6, 6.07) is 11.0. The quantitative estimate of drug-likeness (QED) is 0.930. The molecule has 0 spiro atoms. The normalized spacial score (nSPS) is 15.0. The number of nitrogens with zero attached hydrogens (tertiary/aromatic N) is 1. The Bertz CT molecular complexity index is 815. The van der Waals surface area contributed by atoms with Crippen LogP contribution in [-0.2, 0) is 10.0 Å². The van der Waals surface area contributed by atoms with Gasteiger partial charge in [0.15, 0.2) is 0 Å². The number of sulfonamides is 1. The lowest BCUT2D eigenvalue weighted by Crippen LogP contribution is -2.18. The minimum atomic E-state index is -3.74. The summed E-state index contributed by atoms with van der Waals surface area (Å²) in [5.74, 6) is -0.447. The van der Waals surface area contributed by atoms with Gasteiger partial charge in [0.05, 0.1) is 10.6 Å². The van der Waals surface area contributed by atoms with E-state index in [2.05, 4.69) is 9.62 Å². The number of aryl methyl sites for hydroxylation is 1. The van der Waals surface area contributed by atoms with Crippen molar-refractivity contribution < 1.29 is 12.8 Å². The van der Waals surface area contributed by atoms with Crippen LogP contribution in [0.3, 0.4) is 0 Å². The number of benzene rings is 2. The summed E-state index contributed by atoms with van der Waals surface area (Å²) in [4.78, 5) is 2.33. The Hall–Kier alpha value is -2.08. The monoisotopic (exact) mass is 334 g/mol. The highest BCUT2D eigenvalue weighted by Crippen LogP contribution is 2.25. The van der Waals surface area contributed by atoms with Crippen molar-refractivity contribution in [2.24, 2.45) is 0 Å². The second kappa shape index (κ2) is 6.20. The molecule has 122 valence electrons. The number of nitrogens with one attached hydrogen (secondary N) is 1. The lowest BCUT2D eigenvalue weighted by atomic mass is 10.2. The lowest BCUT2D eigenvalue weighted by Gasteiger charge is -2.19. The SMILES string of the molecule is Cc1cc(F)ccc1S(=O)(=O)Nc1cccc(N2CCCC2)c1. The summed E-state index contributed by atoms with van der Waals surface area (Å²) in [5.41, 5.74) is 1.91. The maximum atomic E-state index is 13.2. The molecule has 0 radical (unpaired) electrons. The Morgan fingerprint density at radius 3 is 2.52 bits per heavy atom. The van der Waals surface area contributed by atoms with Gasteiger partial charge in [-0.1, -0.05) is 6.07 Å². The minimum absolute atomic E-state index is 0.0884. The summed E-state index contributed by atoms with van der Waals surface area (Å²) in [6.07, 6.45) is 2.31. The van der Waals surface area contributed by atoms with E-state index in [0.29, 0.717) is 11.3 Å². The van der Waals surface area contributed by atoms with Crippen LogP contribution in [0.5, 0.6) is 0 Å². The van der Waals surface area contributed by atoms with E-state index in [9.17, 15) is 12.8 Å². The third-order valence-electron chi connectivity index (χ3n) is 4.00. The molecular weight excluding hydrogens is 315 g/mol. The summed E-state index contributed by atoms with van der Waals surface area (Å²) in [6.45, 7) is 3.57. The van der Waals surface area contributed by atoms with E-state index in [0.717, 1.165) is 37.7 Å². The average Bonchev–Trinajstić information content (AvgIpc) is 3.00. The Morgan fingerprint density at radius 2 is 1.83 bits per heavy atom. The van der Waals surface area contributed by atoms with Gasteiger partial charge in [-0.2, -0.15) is 0 Å². The van der Waals surface area contributed by atoms with Crippen molar-refractivity contribution in [1.29, 1.82) is 0 Å². The second-order valence-electron chi connectivity index (χ2n) is 5.76. The van der Waals surface area contributed by atoms with Crippen LogP contribution in [0.4, 0.5) is 15.8 Å². The van der Waals surface area contributed by atoms with Crippen molar-refractivity contribution in [1.82, 2.24) is 0 Å². The highest BCUT2D eigenvalue weighted by atomic mass is 32.2. The molecule has 1 saturated heterocycles. The van der Waals surface area contributed by atoms with Crippen LogP contribution in [0.1, 0.15) is 18.4 Å². The molecule has 0 amide bonds. The van der Waals surface area contributed by atoms with E-state index < -0.39 is 15.8 Å². The molecule has 2 aromatic rings. The summed E-state index contributed by atoms with van der Waals surface area (Å²) < 4.78 is 40.8. The van der Waals surface area contributed by atoms with Crippen LogP contribution in [0, 0.1) is 12.7 Å². The van der Waals surface area contributed by atoms with E-state index in [4.69, 9.17) is 0 Å². The first-order valence-electron chi connectivity index (χ1n) is 7.60. The van der Waals surface area contributed by atoms with Crippen molar-refractivity contribution in [3.8, 4) is 0 Å². The van der Waals surface area contributed by atoms with Gasteiger partial charge in [0.25, 0.3) is 10.0 Å². The van der Waals surface area contributed by atoms with Gasteiger partial charge in [-0.05, 0) is 61.7 Å². The Morgan fingerprint density at radius 1 is 1.09 bits per heavy atom. The molecule has 1 N–H and O–H groups in total. The molecule has 1 aliphatic heterocycles. The Balaban J connectivity index is 1.87. The molecule has 0 saturated carbocycles. The Labute approximate surface area is 136 Å². The molecule has 3 rings (SSSR count). The van der Waals surface area contributed by atoms with E-state index in [1.165, 1.54) is 12.1 Å². The van der Waals surface area contributed by atoms with Crippen molar-refractivity contribution >= 4 is 21.4 Å². The van der Waals surface area contributed by atoms with Crippen LogP contribution >= 0.6 is 0 Å². The van der Waals surface area contributed by atoms with Gasteiger partial charge < -0.3 is 4.90 Å². The maximum absolute atomic E-state index is 13.2. The predicted octanol–water partition coefficient (Wildman–Crippen LogP) is 3.54. The van der Waals surface area contributed by atoms with E-state index in [-0.39, 0.29) is 4.90 Å². The molecule has 0 atom stereocenters. The smallest absolute Gasteiger partial charge is 0.262 e. The fourth-order valence-electron chi connectivity index (χ4n) is 2.87. The second-order valence-corrected chi connectivity index (χ2v) is 7.41. The van der Waals surface area contributed by atoms with Gasteiger partial charge in [0.2, 0.25) is 0 Å². The third kappa shape index (κ3) is 3.47. The Kier molecular flexibility index (Phi) is 4.26. The zero-order valence-electron chi connectivity index (χ0n) is 12.9. The first kappa shape index (κ1) is 15.8. The number of halogens is 1. The van der Waals surface area contributed by atoms with Crippen molar-refractivity contribution in [2.75, 3.05) is 22.7 Å². The number of hydrogen-bond donors (Lipinski definition) is 1. The van der Waals surface area contributed by atoms with Crippen LogP contribution in [-0.4, -0.2) is 21.5 Å². The van der Waals surface area contributed by atoms with Crippen LogP contribution in [0.2, 0.25) is 0 Å². The molecule has 0 bridgehead atoms. The zero-order chi connectivity index (χ0) is 16.4. The molecule has 0 aromatic heterocycles. The molecule has 0 unspecified atom stereocenters. The first-order valence-corrected chi connectivity index (χ1v) is 9.08. The fraction of sp³-hybridized carbons (Fsp3) is 0.294. The van der Waals surface area contributed by atoms with Crippen molar-refractivity contribution in [3.63, 3.8) is 0 Å². The number of hydrogen-bond acceptors (Lipinski definition) is 3. The zero-order valence-corrected chi connectivity index (χ0v) is 13.7. The average molecular weight is 334 g/mol. The number of rotatable bonds is 4. The van der Waals surface area contributed by atoms with Gasteiger partial charge >= 0.3 is 0 Å². The minimum Gasteiger partial charge on any atom is -0.371 e. The topological polar surface area (TPSA) is 49.4 Å². The highest BCUT2D eigenvalue weighted by Gasteiger charge is 2.18. The van der Waals surface area contributed by atoms with Gasteiger partial charge in [0.1, 0.15) is 5.82 Å². The van der Waals surface area contributed by atoms with Crippen molar-refractivity contribution in [3.05, 3.63) is 53.8 Å². The van der Waals surface area contributed by atoms with Gasteiger partial charge in [-0.15, -0.1) is 0 Å². The molecule has 2 aromatic carbocycles. The lowest BCUT2D eigenvalue weighted by molar-refractivity contribution is 0.598. The van der Waals surface area contributed by atoms with Crippen LogP contribution < -0.4 is 9.62 Å². The van der Waals surface area contributed by atoms with Crippen LogP contribution in [0.15, 0.2) is 47.4 Å². The van der Waals surface area contributed by atoms with Gasteiger partial charge in [-0.25, -0.2) is 12.8 Å². The largest absolute Gasteiger partial charge is 0.371 e. The first-order chi connectivity index (χ1) is 11.0. The maximum Gasteiger partial charge on any atom is 0.262 e. The summed E-state index contributed by atoms with van der Waals surface area (Å²) >= 11 is 0. The molecule has 1 fully saturated rings. The van der Waals surface area contributed by atoms with Crippen LogP contribution in [0.25, 0.3) is 0 Å². The molecular formula is C17H19FN2O2S. The molecule has 6 heteroatoms. The molecule has 1 aliphatic rings. The van der Waals surface area contributed by atoms with Gasteiger partial charge in [0, 0.05) is 18.8 Å². The molecule has 0 aliphatic carbocycles. The summed E-state index contributed by atoms with van der Waals surface area (Å²) in [7, 11) is -3.74. The van der Waals surface area contributed by atoms with E-state index in [1.807, 2.05) is 18.2 Å². The number of anilines is 2. The third-order valence-corrected chi connectivity index (χ3v) is 5.54. The summed E-state index contributed by atoms with van der Waals surface area (Å²) in [5, 5.41) is 0. The van der Waals surface area contributed by atoms with Gasteiger partial charge in [-0.3, -0.25) is 4.72 Å². The van der Waals surface area contributed by atoms with E-state index in [1.54, 1.807) is 13.0 Å².